The zero-order valence-corrected chi connectivity index (χ0v) is 16.5. The van der Waals surface area contributed by atoms with Crippen LogP contribution in [0.2, 0.25) is 0 Å². The van der Waals surface area contributed by atoms with Gasteiger partial charge in [0.05, 0.1) is 12.3 Å². The molecular weight excluding hydrogens is 360 g/mol. The zero-order valence-electron chi connectivity index (χ0n) is 16.5. The Morgan fingerprint density at radius 3 is 2.14 bits per heavy atom. The van der Waals surface area contributed by atoms with Crippen molar-refractivity contribution >= 4 is 5.97 Å². The third-order valence-corrected chi connectivity index (χ3v) is 4.66. The highest BCUT2D eigenvalue weighted by Gasteiger charge is 2.13. The second kappa shape index (κ2) is 10.1. The minimum atomic E-state index is -0.853. The lowest BCUT2D eigenvalue weighted by Crippen LogP contribution is -2.04. The maximum atomic E-state index is 11.0. The van der Waals surface area contributed by atoms with Crippen LogP contribution in [0.25, 0.3) is 0 Å². The lowest BCUT2D eigenvalue weighted by atomic mass is 9.96. The summed E-state index contributed by atoms with van der Waals surface area (Å²) in [4.78, 5) is 11.0. The van der Waals surface area contributed by atoms with Gasteiger partial charge in [-0.2, -0.15) is 0 Å². The molecule has 29 heavy (non-hydrogen) atoms. The van der Waals surface area contributed by atoms with Crippen LogP contribution < -0.4 is 4.74 Å². The molecule has 3 aromatic carbocycles. The van der Waals surface area contributed by atoms with Crippen LogP contribution in [0.5, 0.6) is 5.75 Å². The standard InChI is InChI=1S/C26H24O3/c1-2-6-24(18-26(27)28)23-13-15-25(16-14-23)29-19-22-11-9-21(10-12-22)17-20-7-4-3-5-8-20/h3-5,7-16,24H,17-19H2,1H3,(H,27,28). The molecular formula is C26H24O3. The largest absolute Gasteiger partial charge is 0.489 e. The molecule has 0 spiro atoms. The quantitative estimate of drug-likeness (QED) is 0.526. The summed E-state index contributed by atoms with van der Waals surface area (Å²) < 4.78 is 5.87. The zero-order chi connectivity index (χ0) is 20.5. The van der Waals surface area contributed by atoms with E-state index < -0.39 is 5.97 Å². The van der Waals surface area contributed by atoms with E-state index in [2.05, 4.69) is 60.4 Å². The number of carbonyl (C=O) groups is 1. The first-order valence-electron chi connectivity index (χ1n) is 9.62. The first-order chi connectivity index (χ1) is 14.1. The molecule has 0 bridgehead atoms. The van der Waals surface area contributed by atoms with Crippen LogP contribution in [0.3, 0.4) is 0 Å². The summed E-state index contributed by atoms with van der Waals surface area (Å²) in [6.07, 6.45) is 0.915. The van der Waals surface area contributed by atoms with Crippen LogP contribution in [-0.4, -0.2) is 11.1 Å². The van der Waals surface area contributed by atoms with Gasteiger partial charge < -0.3 is 9.84 Å². The molecule has 0 aliphatic rings. The van der Waals surface area contributed by atoms with Gasteiger partial charge in [0.15, 0.2) is 0 Å². The SMILES string of the molecule is CC#CC(CC(=O)O)c1ccc(OCc2ccc(Cc3ccccc3)cc2)cc1. The smallest absolute Gasteiger partial charge is 0.304 e. The summed E-state index contributed by atoms with van der Waals surface area (Å²) in [5.74, 6) is 5.36. The number of ether oxygens (including phenoxy) is 1. The Bertz CT molecular complexity index is 978. The lowest BCUT2D eigenvalue weighted by Gasteiger charge is -2.11. The van der Waals surface area contributed by atoms with Crippen LogP contribution in [0.4, 0.5) is 0 Å². The van der Waals surface area contributed by atoms with Crippen molar-refractivity contribution in [3.8, 4) is 17.6 Å². The molecule has 0 amide bonds. The summed E-state index contributed by atoms with van der Waals surface area (Å²) in [6, 6.07) is 26.4. The maximum absolute atomic E-state index is 11.0. The molecule has 1 atom stereocenters. The predicted octanol–water partition coefficient (Wildman–Crippen LogP) is 5.44. The highest BCUT2D eigenvalue weighted by atomic mass is 16.5. The number of carboxylic acid groups (broad SMARTS) is 1. The molecule has 3 aromatic rings. The topological polar surface area (TPSA) is 46.5 Å². The number of rotatable bonds is 8. The monoisotopic (exact) mass is 384 g/mol. The van der Waals surface area contributed by atoms with Gasteiger partial charge in [-0.05, 0) is 47.7 Å². The summed E-state index contributed by atoms with van der Waals surface area (Å²) in [5.41, 5.74) is 4.56. The number of hydrogen-bond acceptors (Lipinski definition) is 2. The van der Waals surface area contributed by atoms with Crippen molar-refractivity contribution in [1.29, 1.82) is 0 Å². The van der Waals surface area contributed by atoms with Crippen molar-refractivity contribution in [1.82, 2.24) is 0 Å². The fourth-order valence-electron chi connectivity index (χ4n) is 3.15. The van der Waals surface area contributed by atoms with Crippen molar-refractivity contribution in [2.75, 3.05) is 0 Å². The lowest BCUT2D eigenvalue weighted by molar-refractivity contribution is -0.137. The van der Waals surface area contributed by atoms with Crippen molar-refractivity contribution in [3.05, 3.63) is 101 Å². The highest BCUT2D eigenvalue weighted by Crippen LogP contribution is 2.23. The first-order valence-corrected chi connectivity index (χ1v) is 9.62. The Hall–Kier alpha value is -3.51. The molecule has 146 valence electrons. The minimum absolute atomic E-state index is 0.00360. The van der Waals surface area contributed by atoms with Gasteiger partial charge >= 0.3 is 5.97 Å². The Labute approximate surface area is 172 Å². The predicted molar refractivity (Wildman–Crippen MR) is 115 cm³/mol. The second-order valence-electron chi connectivity index (χ2n) is 6.88. The summed E-state index contributed by atoms with van der Waals surface area (Å²) in [6.45, 7) is 2.20. The van der Waals surface area contributed by atoms with Crippen LogP contribution in [-0.2, 0) is 17.8 Å². The Morgan fingerprint density at radius 1 is 0.897 bits per heavy atom. The third kappa shape index (κ3) is 6.26. The van der Waals surface area contributed by atoms with E-state index in [-0.39, 0.29) is 12.3 Å². The van der Waals surface area contributed by atoms with E-state index in [4.69, 9.17) is 9.84 Å². The molecule has 0 heterocycles. The summed E-state index contributed by atoms with van der Waals surface area (Å²) in [5, 5.41) is 9.05. The van der Waals surface area contributed by atoms with Crippen LogP contribution in [0.15, 0.2) is 78.9 Å². The molecule has 0 aliphatic heterocycles. The second-order valence-corrected chi connectivity index (χ2v) is 6.88. The van der Waals surface area contributed by atoms with Crippen molar-refractivity contribution in [2.45, 2.75) is 32.3 Å². The van der Waals surface area contributed by atoms with Crippen molar-refractivity contribution in [3.63, 3.8) is 0 Å². The van der Waals surface area contributed by atoms with Gasteiger partial charge in [0.25, 0.3) is 0 Å². The van der Waals surface area contributed by atoms with E-state index in [1.807, 2.05) is 30.3 Å². The van der Waals surface area contributed by atoms with Gasteiger partial charge in [-0.25, -0.2) is 0 Å². The van der Waals surface area contributed by atoms with E-state index in [0.29, 0.717) is 6.61 Å². The fourth-order valence-corrected chi connectivity index (χ4v) is 3.15. The molecule has 3 heteroatoms. The summed E-state index contributed by atoms with van der Waals surface area (Å²) in [7, 11) is 0. The Kier molecular flexibility index (Phi) is 7.08. The molecule has 0 fully saturated rings. The average molecular weight is 384 g/mol. The molecule has 0 radical (unpaired) electrons. The van der Waals surface area contributed by atoms with E-state index in [0.717, 1.165) is 23.3 Å². The molecule has 1 N–H and O–H groups in total. The van der Waals surface area contributed by atoms with E-state index >= 15 is 0 Å². The van der Waals surface area contributed by atoms with Crippen molar-refractivity contribution < 1.29 is 14.6 Å². The van der Waals surface area contributed by atoms with E-state index in [9.17, 15) is 4.79 Å². The van der Waals surface area contributed by atoms with E-state index in [1.165, 1.54) is 11.1 Å². The number of carboxylic acids is 1. The van der Waals surface area contributed by atoms with Gasteiger partial charge in [0.1, 0.15) is 12.4 Å². The fraction of sp³-hybridized carbons (Fsp3) is 0.192. The van der Waals surface area contributed by atoms with Gasteiger partial charge in [0, 0.05) is 0 Å². The Balaban J connectivity index is 1.56. The van der Waals surface area contributed by atoms with Gasteiger partial charge in [-0.3, -0.25) is 4.79 Å². The maximum Gasteiger partial charge on any atom is 0.304 e. The van der Waals surface area contributed by atoms with Gasteiger partial charge in [-0.15, -0.1) is 5.92 Å². The molecule has 3 nitrogen and oxygen atoms in total. The van der Waals surface area contributed by atoms with E-state index in [1.54, 1.807) is 6.92 Å². The molecule has 0 aromatic heterocycles. The Morgan fingerprint density at radius 2 is 1.52 bits per heavy atom. The number of hydrogen-bond donors (Lipinski definition) is 1. The van der Waals surface area contributed by atoms with Crippen LogP contribution in [0, 0.1) is 11.8 Å². The first kappa shape index (κ1) is 20.2. The van der Waals surface area contributed by atoms with Crippen molar-refractivity contribution in [2.24, 2.45) is 0 Å². The number of aliphatic carboxylic acids is 1. The molecule has 0 aliphatic carbocycles. The third-order valence-electron chi connectivity index (χ3n) is 4.66. The summed E-state index contributed by atoms with van der Waals surface area (Å²) >= 11 is 0. The normalized spacial score (nSPS) is 11.2. The average Bonchev–Trinajstić information content (AvgIpc) is 2.74. The molecule has 0 saturated heterocycles. The van der Waals surface area contributed by atoms with Crippen LogP contribution >= 0.6 is 0 Å². The van der Waals surface area contributed by atoms with Gasteiger partial charge in [-0.1, -0.05) is 72.7 Å². The molecule has 0 saturated carbocycles. The van der Waals surface area contributed by atoms with Crippen LogP contribution in [0.1, 0.15) is 41.5 Å². The van der Waals surface area contributed by atoms with Gasteiger partial charge in [0.2, 0.25) is 0 Å². The molecule has 1 unspecified atom stereocenters. The minimum Gasteiger partial charge on any atom is -0.489 e. The molecule has 3 rings (SSSR count). The number of benzene rings is 3. The highest BCUT2D eigenvalue weighted by molar-refractivity contribution is 5.69.